The molecule has 2 saturated heterocycles. The minimum Gasteiger partial charge on any atom is -0.306 e. The summed E-state index contributed by atoms with van der Waals surface area (Å²) in [4.78, 5) is 5.25. The molecule has 2 heteroatoms. The zero-order chi connectivity index (χ0) is 14.4. The van der Waals surface area contributed by atoms with E-state index in [-0.39, 0.29) is 0 Å². The molecule has 3 aliphatic rings. The van der Waals surface area contributed by atoms with Gasteiger partial charge in [0.15, 0.2) is 0 Å². The van der Waals surface area contributed by atoms with Crippen molar-refractivity contribution in [3.63, 3.8) is 0 Å². The molecule has 1 aromatic rings. The van der Waals surface area contributed by atoms with E-state index in [2.05, 4.69) is 54.2 Å². The highest BCUT2D eigenvalue weighted by molar-refractivity contribution is 5.23. The lowest BCUT2D eigenvalue weighted by atomic mass is 9.61. The van der Waals surface area contributed by atoms with E-state index in [1.54, 1.807) is 5.56 Å². The van der Waals surface area contributed by atoms with Gasteiger partial charge in [-0.05, 0) is 69.1 Å². The molecule has 2 nitrogen and oxygen atoms in total. The van der Waals surface area contributed by atoms with Gasteiger partial charge in [0.2, 0.25) is 0 Å². The van der Waals surface area contributed by atoms with Crippen LogP contribution >= 0.6 is 0 Å². The minimum atomic E-state index is 0.767. The van der Waals surface area contributed by atoms with Gasteiger partial charge in [0.1, 0.15) is 0 Å². The molecule has 0 amide bonds. The number of hydrogen-bond acceptors (Lipinski definition) is 2. The van der Waals surface area contributed by atoms with Crippen molar-refractivity contribution >= 4 is 0 Å². The molecule has 0 aromatic heterocycles. The van der Waals surface area contributed by atoms with Gasteiger partial charge in [-0.2, -0.15) is 0 Å². The smallest absolute Gasteiger partial charge is 0.0130 e. The lowest BCUT2D eigenvalue weighted by molar-refractivity contribution is 0.0181. The molecule has 21 heavy (non-hydrogen) atoms. The molecule has 3 fully saturated rings. The van der Waals surface area contributed by atoms with Gasteiger partial charge in [0, 0.05) is 19.1 Å². The summed E-state index contributed by atoms with van der Waals surface area (Å²) in [6.07, 6.45) is 4.24. The predicted molar refractivity (Wildman–Crippen MR) is 87.4 cm³/mol. The van der Waals surface area contributed by atoms with Crippen LogP contribution in [0.2, 0.25) is 0 Å². The molecule has 0 bridgehead atoms. The first-order valence-corrected chi connectivity index (χ1v) is 8.68. The molecular formula is C19H28N2. The van der Waals surface area contributed by atoms with Gasteiger partial charge in [-0.1, -0.05) is 30.3 Å². The molecule has 2 heterocycles. The van der Waals surface area contributed by atoms with Gasteiger partial charge in [0.25, 0.3) is 0 Å². The minimum absolute atomic E-state index is 0.767. The van der Waals surface area contributed by atoms with Gasteiger partial charge in [-0.25, -0.2) is 0 Å². The molecule has 1 aliphatic carbocycles. The van der Waals surface area contributed by atoms with E-state index < -0.39 is 0 Å². The van der Waals surface area contributed by atoms with Gasteiger partial charge in [-0.15, -0.1) is 0 Å². The predicted octanol–water partition coefficient (Wildman–Crippen LogP) is 3.06. The van der Waals surface area contributed by atoms with Crippen LogP contribution in [0.25, 0.3) is 0 Å². The molecule has 114 valence electrons. The van der Waals surface area contributed by atoms with E-state index in [9.17, 15) is 0 Å². The van der Waals surface area contributed by atoms with Crippen LogP contribution in [0.1, 0.15) is 30.7 Å². The van der Waals surface area contributed by atoms with E-state index in [4.69, 9.17) is 0 Å². The zero-order valence-corrected chi connectivity index (χ0v) is 13.4. The molecule has 0 spiro atoms. The quantitative estimate of drug-likeness (QED) is 0.782. The Kier molecular flexibility index (Phi) is 3.55. The molecule has 1 saturated carbocycles. The summed E-state index contributed by atoms with van der Waals surface area (Å²) >= 11 is 0. The van der Waals surface area contributed by atoms with Crippen LogP contribution < -0.4 is 0 Å². The second-order valence-electron chi connectivity index (χ2n) is 7.66. The van der Waals surface area contributed by atoms with Crippen molar-refractivity contribution in [1.29, 1.82) is 0 Å². The Morgan fingerprint density at radius 3 is 2.52 bits per heavy atom. The summed E-state index contributed by atoms with van der Waals surface area (Å²) in [6, 6.07) is 12.1. The van der Waals surface area contributed by atoms with Crippen LogP contribution in [0, 0.1) is 17.8 Å². The van der Waals surface area contributed by atoms with E-state index in [1.807, 2.05) is 0 Å². The first kappa shape index (κ1) is 13.8. The monoisotopic (exact) mass is 284 g/mol. The van der Waals surface area contributed by atoms with Gasteiger partial charge in [0.05, 0.1) is 0 Å². The van der Waals surface area contributed by atoms with Crippen molar-refractivity contribution in [2.24, 2.45) is 17.8 Å². The van der Waals surface area contributed by atoms with Crippen molar-refractivity contribution in [2.75, 3.05) is 33.7 Å². The number of benzene rings is 1. The van der Waals surface area contributed by atoms with E-state index in [0.29, 0.717) is 0 Å². The second kappa shape index (κ2) is 5.40. The Morgan fingerprint density at radius 2 is 1.71 bits per heavy atom. The molecule has 0 radical (unpaired) electrons. The standard InChI is InChI=1S/C19H28N2/c1-20-12-17-15-9-6-10-21(2)19(15)11-16(18(17)13-20)14-7-4-3-5-8-14/h3-5,7-8,15-19H,6,9-13H2,1-2H3. The molecule has 5 unspecified atom stereocenters. The third-order valence-electron chi connectivity index (χ3n) is 6.49. The number of fused-ring (bicyclic) bond motifs is 3. The van der Waals surface area contributed by atoms with E-state index in [1.165, 1.54) is 38.9 Å². The fraction of sp³-hybridized carbons (Fsp3) is 0.684. The maximum atomic E-state index is 2.67. The summed E-state index contributed by atoms with van der Waals surface area (Å²) in [5, 5.41) is 0. The molecule has 2 aliphatic heterocycles. The molecule has 4 rings (SSSR count). The van der Waals surface area contributed by atoms with E-state index in [0.717, 1.165) is 29.7 Å². The number of piperidine rings is 1. The van der Waals surface area contributed by atoms with Gasteiger partial charge < -0.3 is 9.80 Å². The number of nitrogens with zero attached hydrogens (tertiary/aromatic N) is 2. The normalized spacial score (nSPS) is 40.8. The lowest BCUT2D eigenvalue weighted by Gasteiger charge is -2.50. The Labute approximate surface area is 129 Å². The Morgan fingerprint density at radius 1 is 0.952 bits per heavy atom. The van der Waals surface area contributed by atoms with Crippen LogP contribution in [0.5, 0.6) is 0 Å². The average Bonchev–Trinajstić information content (AvgIpc) is 2.89. The third kappa shape index (κ3) is 2.33. The van der Waals surface area contributed by atoms with Crippen LogP contribution in [-0.4, -0.2) is 49.6 Å². The SMILES string of the molecule is CN1CC2C(c3ccccc3)CC3C(CCCN3C)C2C1. The van der Waals surface area contributed by atoms with Crippen molar-refractivity contribution in [2.45, 2.75) is 31.2 Å². The molecule has 5 atom stereocenters. The number of rotatable bonds is 1. The first-order valence-electron chi connectivity index (χ1n) is 8.68. The topological polar surface area (TPSA) is 6.48 Å². The van der Waals surface area contributed by atoms with Crippen LogP contribution in [0.4, 0.5) is 0 Å². The largest absolute Gasteiger partial charge is 0.306 e. The highest BCUT2D eigenvalue weighted by Crippen LogP contribution is 2.51. The highest BCUT2D eigenvalue weighted by atomic mass is 15.2. The Bertz CT molecular complexity index is 486. The first-order chi connectivity index (χ1) is 10.2. The van der Waals surface area contributed by atoms with Crippen LogP contribution in [0.3, 0.4) is 0 Å². The summed E-state index contributed by atoms with van der Waals surface area (Å²) in [5.41, 5.74) is 1.58. The maximum Gasteiger partial charge on any atom is 0.0130 e. The van der Waals surface area contributed by atoms with Crippen molar-refractivity contribution in [3.05, 3.63) is 35.9 Å². The Hall–Kier alpha value is -0.860. The maximum absolute atomic E-state index is 2.67. The van der Waals surface area contributed by atoms with Crippen molar-refractivity contribution < 1.29 is 0 Å². The second-order valence-corrected chi connectivity index (χ2v) is 7.66. The van der Waals surface area contributed by atoms with Crippen LogP contribution in [-0.2, 0) is 0 Å². The zero-order valence-electron chi connectivity index (χ0n) is 13.4. The van der Waals surface area contributed by atoms with E-state index >= 15 is 0 Å². The fourth-order valence-corrected chi connectivity index (χ4v) is 5.58. The Balaban J connectivity index is 1.68. The summed E-state index contributed by atoms with van der Waals surface area (Å²) in [6.45, 7) is 3.93. The summed E-state index contributed by atoms with van der Waals surface area (Å²) < 4.78 is 0. The molecular weight excluding hydrogens is 256 g/mol. The van der Waals surface area contributed by atoms with Crippen molar-refractivity contribution in [3.8, 4) is 0 Å². The number of likely N-dealkylation sites (tertiary alicyclic amines) is 2. The number of hydrogen-bond donors (Lipinski definition) is 0. The lowest BCUT2D eigenvalue weighted by Crippen LogP contribution is -2.52. The van der Waals surface area contributed by atoms with Crippen LogP contribution in [0.15, 0.2) is 30.3 Å². The average molecular weight is 284 g/mol. The summed E-state index contributed by atoms with van der Waals surface area (Å²) in [5.74, 6) is 3.51. The third-order valence-corrected chi connectivity index (χ3v) is 6.49. The molecule has 0 N–H and O–H groups in total. The molecule has 1 aromatic carbocycles. The van der Waals surface area contributed by atoms with Gasteiger partial charge in [-0.3, -0.25) is 0 Å². The fourth-order valence-electron chi connectivity index (χ4n) is 5.58. The van der Waals surface area contributed by atoms with Crippen molar-refractivity contribution in [1.82, 2.24) is 9.80 Å². The summed E-state index contributed by atoms with van der Waals surface area (Å²) in [7, 11) is 4.68. The highest BCUT2D eigenvalue weighted by Gasteiger charge is 2.50. The van der Waals surface area contributed by atoms with Gasteiger partial charge >= 0.3 is 0 Å².